The lowest BCUT2D eigenvalue weighted by atomic mass is 10.1. The minimum Gasteiger partial charge on any atom is -0.478 e. The number of carbonyl (C=O) groups is 2. The van der Waals surface area contributed by atoms with Crippen molar-refractivity contribution in [1.29, 1.82) is 0 Å². The third kappa shape index (κ3) is 3.85. The van der Waals surface area contributed by atoms with Crippen molar-refractivity contribution in [2.24, 2.45) is 0 Å². The molecule has 0 heterocycles. The van der Waals surface area contributed by atoms with E-state index in [-0.39, 0.29) is 17.6 Å². The Morgan fingerprint density at radius 2 is 2.10 bits per heavy atom. The van der Waals surface area contributed by atoms with Gasteiger partial charge < -0.3 is 15.3 Å². The summed E-state index contributed by atoms with van der Waals surface area (Å²) in [5.41, 5.74) is 1.20. The maximum atomic E-state index is 12.2. The van der Waals surface area contributed by atoms with Crippen LogP contribution in [0, 0.1) is 6.92 Å². The van der Waals surface area contributed by atoms with Gasteiger partial charge in [-0.2, -0.15) is 0 Å². The van der Waals surface area contributed by atoms with Crippen LogP contribution in [0.5, 0.6) is 0 Å². The zero-order valence-corrected chi connectivity index (χ0v) is 12.0. The summed E-state index contributed by atoms with van der Waals surface area (Å²) in [6.07, 6.45) is 1.63. The number of urea groups is 1. The first-order valence-electron chi connectivity index (χ1n) is 6.39. The smallest absolute Gasteiger partial charge is 0.337 e. The fraction of sp³-hybridized carbons (Fsp3) is 0.333. The molecule has 20 heavy (non-hydrogen) atoms. The van der Waals surface area contributed by atoms with E-state index in [2.05, 4.69) is 11.9 Å². The van der Waals surface area contributed by atoms with E-state index in [1.807, 2.05) is 13.8 Å². The Labute approximate surface area is 118 Å². The molecule has 0 aromatic heterocycles. The van der Waals surface area contributed by atoms with Crippen molar-refractivity contribution in [3.63, 3.8) is 0 Å². The molecule has 0 saturated heterocycles. The van der Waals surface area contributed by atoms with Crippen LogP contribution >= 0.6 is 0 Å². The minimum atomic E-state index is -1.07. The first-order chi connectivity index (χ1) is 9.36. The Balaban J connectivity index is 3.00. The number of carboxylic acids is 1. The van der Waals surface area contributed by atoms with Crippen LogP contribution in [0.1, 0.15) is 29.8 Å². The predicted octanol–water partition coefficient (Wildman–Crippen LogP) is 3.12. The average molecular weight is 276 g/mol. The van der Waals surface area contributed by atoms with Gasteiger partial charge >= 0.3 is 12.0 Å². The molecule has 0 spiro atoms. The zero-order chi connectivity index (χ0) is 15.3. The van der Waals surface area contributed by atoms with Crippen LogP contribution in [0.2, 0.25) is 0 Å². The summed E-state index contributed by atoms with van der Waals surface area (Å²) in [6, 6.07) is 4.54. The molecule has 0 aliphatic carbocycles. The predicted molar refractivity (Wildman–Crippen MR) is 79.2 cm³/mol. The van der Waals surface area contributed by atoms with E-state index in [4.69, 9.17) is 0 Å². The molecule has 0 aliphatic rings. The fourth-order valence-electron chi connectivity index (χ4n) is 1.80. The largest absolute Gasteiger partial charge is 0.478 e. The zero-order valence-electron chi connectivity index (χ0n) is 12.0. The van der Waals surface area contributed by atoms with Gasteiger partial charge in [0, 0.05) is 12.6 Å². The lowest BCUT2D eigenvalue weighted by Crippen LogP contribution is -2.40. The number of rotatable bonds is 5. The van der Waals surface area contributed by atoms with Gasteiger partial charge in [0.1, 0.15) is 0 Å². The third-order valence-corrected chi connectivity index (χ3v) is 2.86. The Morgan fingerprint density at radius 1 is 1.45 bits per heavy atom. The van der Waals surface area contributed by atoms with Gasteiger partial charge in [-0.25, -0.2) is 9.59 Å². The molecule has 5 nitrogen and oxygen atoms in total. The highest BCUT2D eigenvalue weighted by Crippen LogP contribution is 2.18. The van der Waals surface area contributed by atoms with Crippen LogP contribution in [0.15, 0.2) is 30.9 Å². The molecular weight excluding hydrogens is 256 g/mol. The summed E-state index contributed by atoms with van der Waals surface area (Å²) in [5.74, 6) is -1.07. The number of hydrogen-bond donors (Lipinski definition) is 2. The summed E-state index contributed by atoms with van der Waals surface area (Å²) >= 11 is 0. The Kier molecular flexibility index (Phi) is 5.32. The molecule has 2 amide bonds. The Hall–Kier alpha value is -2.30. The highest BCUT2D eigenvalue weighted by atomic mass is 16.4. The number of anilines is 1. The molecule has 1 aromatic rings. The van der Waals surface area contributed by atoms with E-state index >= 15 is 0 Å². The van der Waals surface area contributed by atoms with E-state index in [0.29, 0.717) is 12.2 Å². The standard InChI is InChI=1S/C15H20N2O3/c1-5-8-17(10(2)3)15(20)16-13-7-6-11(4)9-12(13)14(18)19/h5-7,9-10H,1,8H2,2-4H3,(H,16,20)(H,18,19). The summed E-state index contributed by atoms with van der Waals surface area (Å²) < 4.78 is 0. The van der Waals surface area contributed by atoms with Crippen molar-refractivity contribution < 1.29 is 14.7 Å². The van der Waals surface area contributed by atoms with Gasteiger partial charge in [0.05, 0.1) is 11.3 Å². The first-order valence-corrected chi connectivity index (χ1v) is 6.39. The lowest BCUT2D eigenvalue weighted by molar-refractivity contribution is 0.0698. The van der Waals surface area contributed by atoms with Crippen LogP contribution in [0.3, 0.4) is 0 Å². The van der Waals surface area contributed by atoms with Crippen LogP contribution in [-0.4, -0.2) is 34.6 Å². The first kappa shape index (κ1) is 15.8. The molecule has 5 heteroatoms. The molecule has 0 unspecified atom stereocenters. The van der Waals surface area contributed by atoms with Crippen LogP contribution in [-0.2, 0) is 0 Å². The molecule has 0 bridgehead atoms. The van der Waals surface area contributed by atoms with Gasteiger partial charge in [-0.3, -0.25) is 0 Å². The van der Waals surface area contributed by atoms with E-state index in [1.54, 1.807) is 30.0 Å². The number of amides is 2. The van der Waals surface area contributed by atoms with Crippen molar-refractivity contribution in [2.45, 2.75) is 26.8 Å². The quantitative estimate of drug-likeness (QED) is 0.812. The molecule has 0 atom stereocenters. The van der Waals surface area contributed by atoms with Crippen molar-refractivity contribution in [3.05, 3.63) is 42.0 Å². The van der Waals surface area contributed by atoms with Gasteiger partial charge in [0.15, 0.2) is 0 Å². The number of benzene rings is 1. The molecule has 108 valence electrons. The second-order valence-corrected chi connectivity index (χ2v) is 4.82. The molecule has 0 radical (unpaired) electrons. The second-order valence-electron chi connectivity index (χ2n) is 4.82. The number of nitrogens with zero attached hydrogens (tertiary/aromatic N) is 1. The number of aryl methyl sites for hydroxylation is 1. The molecule has 2 N–H and O–H groups in total. The Bertz CT molecular complexity index is 524. The maximum absolute atomic E-state index is 12.2. The van der Waals surface area contributed by atoms with Crippen molar-refractivity contribution in [2.75, 3.05) is 11.9 Å². The number of nitrogens with one attached hydrogen (secondary N) is 1. The second kappa shape index (κ2) is 6.75. The van der Waals surface area contributed by atoms with Crippen molar-refractivity contribution in [1.82, 2.24) is 4.90 Å². The van der Waals surface area contributed by atoms with Gasteiger partial charge in [-0.05, 0) is 32.9 Å². The highest BCUT2D eigenvalue weighted by Gasteiger charge is 2.18. The molecule has 0 aliphatic heterocycles. The van der Waals surface area contributed by atoms with Gasteiger partial charge in [0.25, 0.3) is 0 Å². The van der Waals surface area contributed by atoms with Gasteiger partial charge in [-0.15, -0.1) is 6.58 Å². The van der Waals surface area contributed by atoms with Crippen molar-refractivity contribution in [3.8, 4) is 0 Å². The Morgan fingerprint density at radius 3 is 2.60 bits per heavy atom. The summed E-state index contributed by atoms with van der Waals surface area (Å²) in [7, 11) is 0. The molecule has 0 fully saturated rings. The SMILES string of the molecule is C=CCN(C(=O)Nc1ccc(C)cc1C(=O)O)C(C)C. The monoisotopic (exact) mass is 276 g/mol. The summed E-state index contributed by atoms with van der Waals surface area (Å²) in [6.45, 7) is 9.59. The highest BCUT2D eigenvalue weighted by molar-refractivity contribution is 6.00. The van der Waals surface area contributed by atoms with Gasteiger partial charge in [-0.1, -0.05) is 17.7 Å². The number of carbonyl (C=O) groups excluding carboxylic acids is 1. The van der Waals surface area contributed by atoms with Crippen LogP contribution in [0.4, 0.5) is 10.5 Å². The summed E-state index contributed by atoms with van der Waals surface area (Å²) in [4.78, 5) is 24.9. The third-order valence-electron chi connectivity index (χ3n) is 2.86. The van der Waals surface area contributed by atoms with Crippen LogP contribution in [0.25, 0.3) is 0 Å². The van der Waals surface area contributed by atoms with Crippen molar-refractivity contribution >= 4 is 17.7 Å². The number of carboxylic acid groups (broad SMARTS) is 1. The molecular formula is C15H20N2O3. The molecule has 1 rings (SSSR count). The minimum absolute atomic E-state index is 0.00766. The van der Waals surface area contributed by atoms with E-state index in [1.165, 1.54) is 6.07 Å². The van der Waals surface area contributed by atoms with E-state index in [0.717, 1.165) is 5.56 Å². The van der Waals surface area contributed by atoms with E-state index < -0.39 is 5.97 Å². The lowest BCUT2D eigenvalue weighted by Gasteiger charge is -2.26. The van der Waals surface area contributed by atoms with Gasteiger partial charge in [0.2, 0.25) is 0 Å². The molecule has 0 saturated carbocycles. The molecule has 1 aromatic carbocycles. The topological polar surface area (TPSA) is 69.6 Å². The normalized spacial score (nSPS) is 10.2. The number of hydrogen-bond acceptors (Lipinski definition) is 2. The summed E-state index contributed by atoms with van der Waals surface area (Å²) in [5, 5.41) is 11.8. The fourth-order valence-corrected chi connectivity index (χ4v) is 1.80. The van der Waals surface area contributed by atoms with Crippen LogP contribution < -0.4 is 5.32 Å². The average Bonchev–Trinajstić information content (AvgIpc) is 2.37. The number of aromatic carboxylic acids is 1. The maximum Gasteiger partial charge on any atom is 0.337 e. The van der Waals surface area contributed by atoms with E-state index in [9.17, 15) is 14.7 Å².